The number of urea groups is 1. The van der Waals surface area contributed by atoms with Crippen LogP contribution in [0.15, 0.2) is 12.4 Å². The van der Waals surface area contributed by atoms with Crippen LogP contribution in [-0.4, -0.2) is 56.4 Å². The fourth-order valence-corrected chi connectivity index (χ4v) is 3.69. The van der Waals surface area contributed by atoms with Gasteiger partial charge < -0.3 is 10.3 Å². The van der Waals surface area contributed by atoms with Crippen LogP contribution in [0.3, 0.4) is 0 Å². The molecule has 2 aliphatic rings. The van der Waals surface area contributed by atoms with Gasteiger partial charge in [0.05, 0.1) is 6.54 Å². The van der Waals surface area contributed by atoms with E-state index >= 15 is 0 Å². The second-order valence-corrected chi connectivity index (χ2v) is 7.01. The van der Waals surface area contributed by atoms with Gasteiger partial charge in [0.25, 0.3) is 5.91 Å². The maximum Gasteiger partial charge on any atom is 0.325 e. The van der Waals surface area contributed by atoms with Crippen molar-refractivity contribution >= 4 is 11.9 Å². The highest BCUT2D eigenvalue weighted by Crippen LogP contribution is 2.33. The predicted molar refractivity (Wildman–Crippen MR) is 85.5 cm³/mol. The van der Waals surface area contributed by atoms with E-state index in [1.807, 2.05) is 27.0 Å². The second kappa shape index (κ2) is 5.96. The highest BCUT2D eigenvalue weighted by Gasteiger charge is 2.53. The van der Waals surface area contributed by atoms with E-state index in [2.05, 4.69) is 20.2 Å². The van der Waals surface area contributed by atoms with Crippen molar-refractivity contribution in [1.82, 2.24) is 25.1 Å². The molecule has 0 aliphatic carbocycles. The maximum atomic E-state index is 12.8. The summed E-state index contributed by atoms with van der Waals surface area (Å²) < 4.78 is 0. The summed E-state index contributed by atoms with van der Waals surface area (Å²) in [5, 5.41) is 2.95. The van der Waals surface area contributed by atoms with Gasteiger partial charge in [0.1, 0.15) is 11.4 Å². The van der Waals surface area contributed by atoms with Crippen LogP contribution in [0.4, 0.5) is 4.79 Å². The molecule has 7 heteroatoms. The smallest absolute Gasteiger partial charge is 0.325 e. The van der Waals surface area contributed by atoms with Crippen molar-refractivity contribution in [1.29, 1.82) is 0 Å². The first-order valence-corrected chi connectivity index (χ1v) is 8.28. The van der Waals surface area contributed by atoms with Crippen LogP contribution in [-0.2, 0) is 11.3 Å². The molecular formula is C16H25N5O2. The zero-order valence-corrected chi connectivity index (χ0v) is 14.0. The largest absolute Gasteiger partial charge is 0.348 e. The van der Waals surface area contributed by atoms with Crippen molar-refractivity contribution in [3.63, 3.8) is 0 Å². The van der Waals surface area contributed by atoms with E-state index in [0.29, 0.717) is 0 Å². The third-order valence-corrected chi connectivity index (χ3v) is 5.02. The quantitative estimate of drug-likeness (QED) is 0.821. The lowest BCUT2D eigenvalue weighted by molar-refractivity contribution is -0.134. The molecule has 3 rings (SSSR count). The lowest BCUT2D eigenvalue weighted by Gasteiger charge is -2.39. The minimum absolute atomic E-state index is 0.0950. The molecule has 7 nitrogen and oxygen atoms in total. The standard InChI is InChI=1S/C16H25N5O2/c1-11(2)21-14(22)16(3,19-15(21)23)12-5-4-8-20(9-12)10-13-17-6-7-18-13/h6-7,11-12H,4-5,8-10H2,1-3H3,(H,17,18)(H,19,23)/t12-,16+/m1/s1. The molecule has 2 atom stereocenters. The van der Waals surface area contributed by atoms with Gasteiger partial charge in [0, 0.05) is 30.9 Å². The number of carbonyl (C=O) groups is 2. The zero-order chi connectivity index (χ0) is 16.6. The van der Waals surface area contributed by atoms with Crippen LogP contribution in [0.5, 0.6) is 0 Å². The number of likely N-dealkylation sites (tertiary alicyclic amines) is 1. The molecule has 126 valence electrons. The Kier molecular flexibility index (Phi) is 4.14. The minimum atomic E-state index is -0.802. The number of imidazole rings is 1. The Morgan fingerprint density at radius 1 is 1.43 bits per heavy atom. The molecule has 1 aromatic rings. The molecule has 2 fully saturated rings. The van der Waals surface area contributed by atoms with Crippen LogP contribution >= 0.6 is 0 Å². The molecule has 2 aliphatic heterocycles. The van der Waals surface area contributed by atoms with Crippen LogP contribution in [0, 0.1) is 5.92 Å². The number of imide groups is 1. The minimum Gasteiger partial charge on any atom is -0.348 e. The molecule has 0 saturated carbocycles. The lowest BCUT2D eigenvalue weighted by atomic mass is 9.80. The van der Waals surface area contributed by atoms with Gasteiger partial charge in [-0.3, -0.25) is 14.6 Å². The summed E-state index contributed by atoms with van der Waals surface area (Å²) in [6.07, 6.45) is 5.54. The summed E-state index contributed by atoms with van der Waals surface area (Å²) in [4.78, 5) is 36.0. The molecule has 2 saturated heterocycles. The first kappa shape index (κ1) is 16.0. The number of hydrogen-bond acceptors (Lipinski definition) is 4. The Morgan fingerprint density at radius 3 is 2.83 bits per heavy atom. The van der Waals surface area contributed by atoms with Gasteiger partial charge in [-0.1, -0.05) is 0 Å². The van der Waals surface area contributed by atoms with E-state index in [1.165, 1.54) is 4.90 Å². The summed E-state index contributed by atoms with van der Waals surface area (Å²) in [5.74, 6) is 0.954. The molecule has 3 heterocycles. The van der Waals surface area contributed by atoms with E-state index in [4.69, 9.17) is 0 Å². The fourth-order valence-electron chi connectivity index (χ4n) is 3.69. The molecule has 0 radical (unpaired) electrons. The molecule has 3 amide bonds. The fraction of sp³-hybridized carbons (Fsp3) is 0.688. The summed E-state index contributed by atoms with van der Waals surface area (Å²) >= 11 is 0. The van der Waals surface area contributed by atoms with E-state index in [-0.39, 0.29) is 23.9 Å². The average Bonchev–Trinajstić information content (AvgIpc) is 3.07. The van der Waals surface area contributed by atoms with Crippen LogP contribution in [0.1, 0.15) is 39.4 Å². The van der Waals surface area contributed by atoms with Gasteiger partial charge in [-0.2, -0.15) is 0 Å². The molecule has 0 aromatic carbocycles. The van der Waals surface area contributed by atoms with Crippen molar-refractivity contribution in [2.75, 3.05) is 13.1 Å². The summed E-state index contributed by atoms with van der Waals surface area (Å²) in [7, 11) is 0. The molecule has 0 spiro atoms. The molecule has 0 unspecified atom stereocenters. The highest BCUT2D eigenvalue weighted by molar-refractivity contribution is 6.07. The Bertz CT molecular complexity index is 585. The molecule has 1 aromatic heterocycles. The number of carbonyl (C=O) groups excluding carboxylic acids is 2. The van der Waals surface area contributed by atoms with Gasteiger partial charge in [0.15, 0.2) is 0 Å². The molecule has 23 heavy (non-hydrogen) atoms. The van der Waals surface area contributed by atoms with E-state index in [1.54, 1.807) is 6.20 Å². The van der Waals surface area contributed by atoms with Crippen molar-refractivity contribution in [2.24, 2.45) is 5.92 Å². The average molecular weight is 319 g/mol. The first-order chi connectivity index (χ1) is 10.9. The van der Waals surface area contributed by atoms with E-state index < -0.39 is 5.54 Å². The third kappa shape index (κ3) is 2.85. The van der Waals surface area contributed by atoms with Crippen LogP contribution in [0.2, 0.25) is 0 Å². The van der Waals surface area contributed by atoms with Gasteiger partial charge in [-0.15, -0.1) is 0 Å². The van der Waals surface area contributed by atoms with E-state index in [9.17, 15) is 9.59 Å². The van der Waals surface area contributed by atoms with E-state index in [0.717, 1.165) is 38.3 Å². The number of piperidine rings is 1. The van der Waals surface area contributed by atoms with Gasteiger partial charge >= 0.3 is 6.03 Å². The van der Waals surface area contributed by atoms with Crippen LogP contribution in [0.25, 0.3) is 0 Å². The number of aromatic nitrogens is 2. The van der Waals surface area contributed by atoms with Crippen molar-refractivity contribution in [3.05, 3.63) is 18.2 Å². The Balaban J connectivity index is 1.73. The number of aromatic amines is 1. The third-order valence-electron chi connectivity index (χ3n) is 5.02. The Hall–Kier alpha value is -1.89. The van der Waals surface area contributed by atoms with Gasteiger partial charge in [-0.05, 0) is 40.2 Å². The Labute approximate surface area is 136 Å². The monoisotopic (exact) mass is 319 g/mol. The number of nitrogens with one attached hydrogen (secondary N) is 2. The molecule has 2 N–H and O–H groups in total. The normalized spacial score (nSPS) is 29.4. The first-order valence-electron chi connectivity index (χ1n) is 8.28. The molecular weight excluding hydrogens is 294 g/mol. The topological polar surface area (TPSA) is 81.3 Å². The summed E-state index contributed by atoms with van der Waals surface area (Å²) in [6.45, 7) is 8.13. The van der Waals surface area contributed by atoms with Crippen molar-refractivity contribution in [3.8, 4) is 0 Å². The number of hydrogen-bond donors (Lipinski definition) is 2. The van der Waals surface area contributed by atoms with Crippen LogP contribution < -0.4 is 5.32 Å². The summed E-state index contributed by atoms with van der Waals surface area (Å²) in [6, 6.07) is -0.386. The SMILES string of the molecule is CC(C)N1C(=O)N[C@@](C)([C@@H]2CCCN(Cc3ncc[nH]3)C2)C1=O. The Morgan fingerprint density at radius 2 is 2.22 bits per heavy atom. The summed E-state index contributed by atoms with van der Waals surface area (Å²) in [5.41, 5.74) is -0.802. The number of nitrogens with zero attached hydrogens (tertiary/aromatic N) is 3. The zero-order valence-electron chi connectivity index (χ0n) is 14.0. The van der Waals surface area contributed by atoms with Crippen molar-refractivity contribution < 1.29 is 9.59 Å². The number of H-pyrrole nitrogens is 1. The van der Waals surface area contributed by atoms with Gasteiger partial charge in [0.2, 0.25) is 0 Å². The van der Waals surface area contributed by atoms with Gasteiger partial charge in [-0.25, -0.2) is 9.78 Å². The number of rotatable bonds is 4. The number of amides is 3. The predicted octanol–water partition coefficient (Wildman–Crippen LogP) is 1.34. The lowest BCUT2D eigenvalue weighted by Crippen LogP contribution is -2.56. The molecule has 0 bridgehead atoms. The second-order valence-electron chi connectivity index (χ2n) is 7.01. The highest BCUT2D eigenvalue weighted by atomic mass is 16.2. The maximum absolute atomic E-state index is 12.8. The van der Waals surface area contributed by atoms with Crippen molar-refractivity contribution in [2.45, 2.75) is 51.7 Å².